The number of methoxy groups -OCH3 is 1. The van der Waals surface area contributed by atoms with Crippen LogP contribution in [0, 0.1) is 11.8 Å². The van der Waals surface area contributed by atoms with E-state index in [1.54, 1.807) is 21.2 Å². The third-order valence-electron chi connectivity index (χ3n) is 9.04. The lowest BCUT2D eigenvalue weighted by molar-refractivity contribution is -0.148. The van der Waals surface area contributed by atoms with Gasteiger partial charge < -0.3 is 41.1 Å². The van der Waals surface area contributed by atoms with Gasteiger partial charge in [-0.2, -0.15) is 0 Å². The molecule has 0 aliphatic heterocycles. The molecule has 0 spiro atoms. The molecule has 2 aromatic rings. The molecule has 0 saturated carbocycles. The van der Waals surface area contributed by atoms with Crippen molar-refractivity contribution in [1.29, 1.82) is 0 Å². The smallest absolute Gasteiger partial charge is 0.255 e. The monoisotopic (exact) mass is 606 g/mol. The summed E-state index contributed by atoms with van der Waals surface area (Å²) in [5.41, 5.74) is 4.36. The number of nitrogens with one attached hydrogen (secondary N) is 1. The summed E-state index contributed by atoms with van der Waals surface area (Å²) in [7, 11) is 8.42. The van der Waals surface area contributed by atoms with E-state index in [0.717, 1.165) is 5.56 Å². The Kier molecular flexibility index (Phi) is 7.95. The third kappa shape index (κ3) is 4.70. The van der Waals surface area contributed by atoms with E-state index in [9.17, 15) is 34.8 Å². The fraction of sp³-hybridized carbons (Fsp3) is 0.406. The second-order valence-corrected chi connectivity index (χ2v) is 12.1. The maximum absolute atomic E-state index is 14.2. The normalized spacial score (nSPS) is 24.7. The molecule has 12 nitrogen and oxygen atoms in total. The number of benzene rings is 2. The van der Waals surface area contributed by atoms with Gasteiger partial charge in [-0.25, -0.2) is 0 Å². The lowest BCUT2D eigenvalue weighted by atomic mass is 9.58. The number of nitrogens with two attached hydrogens (primary N) is 1. The first-order chi connectivity index (χ1) is 20.7. The number of carbonyl (C=O) groups is 3. The summed E-state index contributed by atoms with van der Waals surface area (Å²) in [4.78, 5) is 43.3. The molecule has 0 saturated heterocycles. The number of primary amides is 1. The minimum Gasteiger partial charge on any atom is -0.510 e. The molecule has 1 amide bonds. The largest absolute Gasteiger partial charge is 0.510 e. The molecule has 0 fully saturated rings. The molecule has 44 heavy (non-hydrogen) atoms. The van der Waals surface area contributed by atoms with Gasteiger partial charge >= 0.3 is 0 Å². The summed E-state index contributed by atoms with van der Waals surface area (Å²) in [5.74, 6) is -6.00. The highest BCUT2D eigenvalue weighted by Gasteiger charge is 2.63. The standard InChI is InChI=1S/C32H38N4O8/c1-35(2)21-12-17(14-34-13-15-7-6-8-18(9-15)44-5)26(37)23-19(21)10-16-11-20-25(36(3)4)28(39)24(31(33)42)30(41)32(20,43)29(40)22(16)27(23)38/h6-9,12,16,20,25,34,37,39-40,43H,10-11,13-14H2,1-5H3,(H2,33,42)/t16-,20-,25-,32+/m1/s1. The Bertz CT molecular complexity index is 1630. The van der Waals surface area contributed by atoms with Crippen LogP contribution >= 0.6 is 0 Å². The van der Waals surface area contributed by atoms with Crippen molar-refractivity contribution < 1.29 is 39.5 Å². The molecule has 3 aliphatic rings. The van der Waals surface area contributed by atoms with Gasteiger partial charge in [0.1, 0.15) is 28.6 Å². The van der Waals surface area contributed by atoms with Gasteiger partial charge in [0.25, 0.3) is 5.91 Å². The number of phenolic OH excluding ortho intramolecular Hbond substituents is 1. The highest BCUT2D eigenvalue weighted by Crippen LogP contribution is 2.53. The highest BCUT2D eigenvalue weighted by molar-refractivity contribution is 6.25. The van der Waals surface area contributed by atoms with Crippen molar-refractivity contribution in [3.8, 4) is 11.5 Å². The fourth-order valence-corrected chi connectivity index (χ4v) is 7.01. The molecule has 0 aromatic heterocycles. The second kappa shape index (κ2) is 11.3. The van der Waals surface area contributed by atoms with E-state index < -0.39 is 58.0 Å². The van der Waals surface area contributed by atoms with Gasteiger partial charge in [0.15, 0.2) is 11.4 Å². The number of carbonyl (C=O) groups excluding carboxylic acids is 3. The molecule has 2 aromatic carbocycles. The van der Waals surface area contributed by atoms with E-state index >= 15 is 0 Å². The number of hydrogen-bond donors (Lipinski definition) is 6. The van der Waals surface area contributed by atoms with Crippen LogP contribution in [0.15, 0.2) is 53.0 Å². The van der Waals surface area contributed by atoms with E-state index in [1.807, 2.05) is 49.3 Å². The van der Waals surface area contributed by atoms with Gasteiger partial charge in [0.05, 0.1) is 18.7 Å². The zero-order valence-corrected chi connectivity index (χ0v) is 25.3. The number of hydrogen-bond acceptors (Lipinski definition) is 11. The number of aliphatic hydroxyl groups excluding tert-OH is 2. The minimum atomic E-state index is -2.68. The maximum Gasteiger partial charge on any atom is 0.255 e. The van der Waals surface area contributed by atoms with Crippen molar-refractivity contribution in [2.75, 3.05) is 40.2 Å². The van der Waals surface area contributed by atoms with E-state index in [1.165, 1.54) is 4.90 Å². The number of aliphatic hydroxyl groups is 3. The van der Waals surface area contributed by atoms with Crippen LogP contribution in [0.4, 0.5) is 5.69 Å². The zero-order chi connectivity index (χ0) is 32.2. The summed E-state index contributed by atoms with van der Waals surface area (Å²) >= 11 is 0. The molecule has 5 rings (SSSR count). The number of fused-ring (bicyclic) bond motifs is 3. The highest BCUT2D eigenvalue weighted by atomic mass is 16.5. The Morgan fingerprint density at radius 2 is 1.82 bits per heavy atom. The minimum absolute atomic E-state index is 0.0184. The van der Waals surface area contributed by atoms with Crippen molar-refractivity contribution in [2.45, 2.75) is 37.6 Å². The molecule has 0 heterocycles. The number of anilines is 1. The Morgan fingerprint density at radius 1 is 1.11 bits per heavy atom. The lowest BCUT2D eigenvalue weighted by Gasteiger charge is -2.50. The van der Waals surface area contributed by atoms with E-state index in [0.29, 0.717) is 29.1 Å². The third-order valence-corrected chi connectivity index (χ3v) is 9.04. The van der Waals surface area contributed by atoms with Crippen molar-refractivity contribution in [2.24, 2.45) is 17.6 Å². The summed E-state index contributed by atoms with van der Waals surface area (Å²) < 4.78 is 5.28. The first-order valence-electron chi connectivity index (χ1n) is 14.3. The molecular weight excluding hydrogens is 568 g/mol. The second-order valence-electron chi connectivity index (χ2n) is 12.1. The van der Waals surface area contributed by atoms with Crippen molar-refractivity contribution in [1.82, 2.24) is 10.2 Å². The van der Waals surface area contributed by atoms with Crippen LogP contribution in [0.5, 0.6) is 11.5 Å². The first kappa shape index (κ1) is 31.0. The number of phenols is 1. The van der Waals surface area contributed by atoms with Gasteiger partial charge in [-0.3, -0.25) is 19.3 Å². The number of ketones is 2. The molecule has 0 radical (unpaired) electrons. The molecule has 0 unspecified atom stereocenters. The van der Waals surface area contributed by atoms with Gasteiger partial charge in [-0.15, -0.1) is 0 Å². The summed E-state index contributed by atoms with van der Waals surface area (Å²) in [6, 6.07) is 8.30. The predicted octanol–water partition coefficient (Wildman–Crippen LogP) is 1.49. The SMILES string of the molecule is COc1cccc(CNCc2cc(N(C)C)c3c(c2O)C(=O)C2=C(O)[C@]4(O)C(=O)C(C(N)=O)=C(O)[C@H](N(C)C)[C@H]4C[C@H]2C3)c1. The number of amides is 1. The van der Waals surface area contributed by atoms with Crippen LogP contribution in [0.25, 0.3) is 0 Å². The van der Waals surface area contributed by atoms with Crippen LogP contribution in [-0.4, -0.2) is 89.7 Å². The predicted molar refractivity (Wildman–Crippen MR) is 162 cm³/mol. The van der Waals surface area contributed by atoms with Crippen molar-refractivity contribution in [3.05, 3.63) is 75.3 Å². The zero-order valence-electron chi connectivity index (χ0n) is 25.3. The number of rotatable bonds is 8. The molecule has 4 atom stereocenters. The topological polar surface area (TPSA) is 186 Å². The van der Waals surface area contributed by atoms with Crippen LogP contribution < -0.4 is 20.7 Å². The molecular formula is C32H38N4O8. The van der Waals surface area contributed by atoms with Gasteiger partial charge in [0.2, 0.25) is 5.78 Å². The van der Waals surface area contributed by atoms with Crippen LogP contribution in [0.3, 0.4) is 0 Å². The van der Waals surface area contributed by atoms with E-state index in [-0.39, 0.29) is 36.3 Å². The number of nitrogens with zero attached hydrogens (tertiary/aromatic N) is 2. The van der Waals surface area contributed by atoms with Crippen LogP contribution in [0.2, 0.25) is 0 Å². The maximum atomic E-state index is 14.2. The first-order valence-corrected chi connectivity index (χ1v) is 14.3. The van der Waals surface area contributed by atoms with Crippen LogP contribution in [0.1, 0.15) is 33.5 Å². The van der Waals surface area contributed by atoms with Crippen molar-refractivity contribution >= 4 is 23.2 Å². The van der Waals surface area contributed by atoms with E-state index in [4.69, 9.17) is 10.5 Å². The molecule has 7 N–H and O–H groups in total. The Morgan fingerprint density at radius 3 is 2.43 bits per heavy atom. The van der Waals surface area contributed by atoms with Gasteiger partial charge in [0, 0.05) is 49.9 Å². The summed E-state index contributed by atoms with van der Waals surface area (Å²) in [5, 5.41) is 49.0. The number of Topliss-reactive ketones (excluding diaryl/α,β-unsaturated/α-hetero) is 2. The summed E-state index contributed by atoms with van der Waals surface area (Å²) in [6.07, 6.45) is 0.246. The average Bonchev–Trinajstić information content (AvgIpc) is 2.95. The van der Waals surface area contributed by atoms with Crippen molar-refractivity contribution in [3.63, 3.8) is 0 Å². The Hall–Kier alpha value is -4.39. The van der Waals surface area contributed by atoms with Gasteiger partial charge in [-0.1, -0.05) is 12.1 Å². The number of likely N-dealkylation sites (N-methyl/N-ethyl adjacent to an activating group) is 1. The average molecular weight is 607 g/mol. The fourth-order valence-electron chi connectivity index (χ4n) is 7.01. The number of ether oxygens (including phenoxy) is 1. The molecule has 0 bridgehead atoms. The molecule has 234 valence electrons. The quantitative estimate of drug-likeness (QED) is 0.239. The lowest BCUT2D eigenvalue weighted by Crippen LogP contribution is -2.63. The summed E-state index contributed by atoms with van der Waals surface area (Å²) in [6.45, 7) is 0.666. The molecule has 12 heteroatoms. The number of allylic oxidation sites excluding steroid dienone is 1. The Balaban J connectivity index is 1.58. The van der Waals surface area contributed by atoms with Crippen LogP contribution in [-0.2, 0) is 29.1 Å². The number of aromatic hydroxyl groups is 1. The molecule has 3 aliphatic carbocycles. The Labute approximate surface area is 255 Å². The van der Waals surface area contributed by atoms with Gasteiger partial charge in [-0.05, 0) is 62.2 Å². The van der Waals surface area contributed by atoms with E-state index in [2.05, 4.69) is 5.32 Å².